The van der Waals surface area contributed by atoms with Crippen LogP contribution in [-0.4, -0.2) is 28.2 Å². The minimum Gasteiger partial charge on any atom is -0.423 e. The molecule has 0 radical (unpaired) electrons. The predicted molar refractivity (Wildman–Crippen MR) is 110 cm³/mol. The van der Waals surface area contributed by atoms with Gasteiger partial charge in [-0.2, -0.15) is 4.98 Å². The fourth-order valence-corrected chi connectivity index (χ4v) is 2.90. The zero-order valence-corrected chi connectivity index (χ0v) is 15.6. The first kappa shape index (κ1) is 18.9. The molecule has 6 nitrogen and oxygen atoms in total. The number of hydrogen-bond acceptors (Lipinski definition) is 6. The summed E-state index contributed by atoms with van der Waals surface area (Å²) < 4.78 is 5.23. The Balaban J connectivity index is 1.78. The number of aryl methyl sites for hydroxylation is 1. The Morgan fingerprint density at radius 1 is 1.41 bits per heavy atom. The molecule has 0 saturated heterocycles. The number of anilines is 3. The van der Waals surface area contributed by atoms with Gasteiger partial charge in [-0.25, -0.2) is 4.98 Å². The molecule has 0 bridgehead atoms. The summed E-state index contributed by atoms with van der Waals surface area (Å²) in [7, 11) is -0.843. The van der Waals surface area contributed by atoms with Crippen LogP contribution < -0.4 is 16.1 Å². The van der Waals surface area contributed by atoms with Gasteiger partial charge in [0.25, 0.3) is 0 Å². The molecule has 0 aliphatic carbocycles. The first-order chi connectivity index (χ1) is 13.0. The van der Waals surface area contributed by atoms with Crippen molar-refractivity contribution in [2.24, 2.45) is 0 Å². The molecule has 27 heavy (non-hydrogen) atoms. The van der Waals surface area contributed by atoms with E-state index < -0.39 is 7.12 Å². The normalized spacial score (nSPS) is 14.5. The van der Waals surface area contributed by atoms with Gasteiger partial charge in [0.2, 0.25) is 5.95 Å². The van der Waals surface area contributed by atoms with Crippen molar-refractivity contribution in [3.05, 3.63) is 72.5 Å². The minimum absolute atomic E-state index is 0.0283. The summed E-state index contributed by atoms with van der Waals surface area (Å²) in [6.07, 6.45) is 7.23. The van der Waals surface area contributed by atoms with Crippen LogP contribution in [0.2, 0.25) is 0 Å². The van der Waals surface area contributed by atoms with Crippen LogP contribution in [0.3, 0.4) is 0 Å². The fraction of sp³-hybridized carbons (Fsp3) is 0.200. The second-order valence-corrected chi connectivity index (χ2v) is 6.40. The van der Waals surface area contributed by atoms with E-state index in [1.807, 2.05) is 38.1 Å². The van der Waals surface area contributed by atoms with Crippen molar-refractivity contribution in [1.82, 2.24) is 9.97 Å². The first-order valence-corrected chi connectivity index (χ1v) is 8.76. The van der Waals surface area contributed by atoms with Crippen LogP contribution in [0.25, 0.3) is 0 Å². The lowest BCUT2D eigenvalue weighted by Crippen LogP contribution is -2.27. The van der Waals surface area contributed by atoms with Gasteiger partial charge in [-0.15, -0.1) is 0 Å². The lowest BCUT2D eigenvalue weighted by atomic mass is 9.79. The van der Waals surface area contributed by atoms with Gasteiger partial charge in [-0.05, 0) is 42.6 Å². The molecule has 0 spiro atoms. The van der Waals surface area contributed by atoms with Gasteiger partial charge in [0.05, 0.1) is 6.61 Å². The summed E-state index contributed by atoms with van der Waals surface area (Å²) in [6.45, 7) is 12.0. The van der Waals surface area contributed by atoms with E-state index in [2.05, 4.69) is 33.8 Å². The van der Waals surface area contributed by atoms with E-state index in [-0.39, 0.29) is 6.04 Å². The van der Waals surface area contributed by atoms with Crippen LogP contribution in [0.5, 0.6) is 0 Å². The number of rotatable bonds is 7. The summed E-state index contributed by atoms with van der Waals surface area (Å²) in [5, 5.41) is 16.3. The molecule has 1 aromatic carbocycles. The highest BCUT2D eigenvalue weighted by molar-refractivity contribution is 6.61. The molecule has 1 aliphatic rings. The number of aromatic nitrogens is 2. The lowest BCUT2D eigenvalue weighted by Gasteiger charge is -2.18. The Morgan fingerprint density at radius 2 is 2.22 bits per heavy atom. The Labute approximate surface area is 159 Å². The van der Waals surface area contributed by atoms with Gasteiger partial charge in [0.1, 0.15) is 5.82 Å². The van der Waals surface area contributed by atoms with Crippen molar-refractivity contribution in [3.8, 4) is 0 Å². The maximum Gasteiger partial charge on any atom is 0.491 e. The number of hydrogen-bond donors (Lipinski definition) is 3. The molecule has 138 valence electrons. The smallest absolute Gasteiger partial charge is 0.423 e. The van der Waals surface area contributed by atoms with Crippen LogP contribution in [0, 0.1) is 6.92 Å². The SMILES string of the molecule is C=C/C=C(\C=C)C(C)Nc1nc(Nc2ccc3c(c2)COB3O)ncc1C. The van der Waals surface area contributed by atoms with Gasteiger partial charge in [-0.1, -0.05) is 37.5 Å². The van der Waals surface area contributed by atoms with E-state index in [0.717, 1.165) is 33.7 Å². The summed E-state index contributed by atoms with van der Waals surface area (Å²) >= 11 is 0. The fourth-order valence-electron chi connectivity index (χ4n) is 2.90. The van der Waals surface area contributed by atoms with Crippen LogP contribution >= 0.6 is 0 Å². The van der Waals surface area contributed by atoms with E-state index >= 15 is 0 Å². The molecule has 0 saturated carbocycles. The number of nitrogens with one attached hydrogen (secondary N) is 2. The Morgan fingerprint density at radius 3 is 2.96 bits per heavy atom. The summed E-state index contributed by atoms with van der Waals surface area (Å²) in [5.74, 6) is 1.24. The van der Waals surface area contributed by atoms with Crippen molar-refractivity contribution in [2.75, 3.05) is 10.6 Å². The van der Waals surface area contributed by atoms with Crippen LogP contribution in [0.1, 0.15) is 18.1 Å². The Kier molecular flexibility index (Phi) is 5.73. The van der Waals surface area contributed by atoms with Crippen molar-refractivity contribution >= 4 is 30.0 Å². The maximum atomic E-state index is 9.72. The van der Waals surface area contributed by atoms with E-state index in [4.69, 9.17) is 4.65 Å². The highest BCUT2D eigenvalue weighted by atomic mass is 16.5. The molecule has 1 aromatic heterocycles. The van der Waals surface area contributed by atoms with Crippen LogP contribution in [-0.2, 0) is 11.3 Å². The number of nitrogens with zero attached hydrogens (tertiary/aromatic N) is 2. The average Bonchev–Trinajstić information content (AvgIpc) is 3.02. The Bertz CT molecular complexity index is 898. The van der Waals surface area contributed by atoms with E-state index in [0.29, 0.717) is 12.6 Å². The lowest BCUT2D eigenvalue weighted by molar-refractivity contribution is 0.275. The summed E-state index contributed by atoms with van der Waals surface area (Å²) in [6, 6.07) is 5.69. The standard InChI is InChI=1S/C20H23BN4O2/c1-5-7-15(6-2)14(4)23-19-13(3)11-22-20(25-19)24-17-8-9-18-16(10-17)12-27-21(18)26/h5-11,14,26H,1-2,12H2,3-4H3,(H2,22,23,24,25)/b15-7+. The quantitative estimate of drug-likeness (QED) is 0.519. The predicted octanol–water partition coefficient (Wildman–Crippen LogP) is 2.85. The van der Waals surface area contributed by atoms with Crippen LogP contribution in [0.4, 0.5) is 17.5 Å². The topological polar surface area (TPSA) is 79.3 Å². The molecule has 0 amide bonds. The Hall–Kier alpha value is -2.90. The molecule has 7 heteroatoms. The summed E-state index contributed by atoms with van der Waals surface area (Å²) in [4.78, 5) is 8.95. The second-order valence-electron chi connectivity index (χ2n) is 6.40. The molecule has 0 fully saturated rings. The highest BCUT2D eigenvalue weighted by Crippen LogP contribution is 2.21. The number of fused-ring (bicyclic) bond motifs is 1. The van der Waals surface area contributed by atoms with E-state index in [1.165, 1.54) is 0 Å². The zero-order valence-electron chi connectivity index (χ0n) is 15.6. The third-order valence-corrected chi connectivity index (χ3v) is 4.43. The largest absolute Gasteiger partial charge is 0.491 e. The molecule has 2 heterocycles. The summed E-state index contributed by atoms with van der Waals surface area (Å²) in [5.41, 5.74) is 4.56. The monoisotopic (exact) mass is 362 g/mol. The molecule has 3 rings (SSSR count). The van der Waals surface area contributed by atoms with Gasteiger partial charge in [-0.3, -0.25) is 0 Å². The van der Waals surface area contributed by atoms with Gasteiger partial charge >= 0.3 is 7.12 Å². The maximum absolute atomic E-state index is 9.72. The molecule has 1 unspecified atom stereocenters. The molecule has 1 atom stereocenters. The van der Waals surface area contributed by atoms with Crippen molar-refractivity contribution in [3.63, 3.8) is 0 Å². The van der Waals surface area contributed by atoms with Crippen LogP contribution in [0.15, 0.2) is 61.4 Å². The zero-order chi connectivity index (χ0) is 19.4. The van der Waals surface area contributed by atoms with E-state index in [1.54, 1.807) is 18.3 Å². The average molecular weight is 362 g/mol. The van der Waals surface area contributed by atoms with Gasteiger partial charge < -0.3 is 20.3 Å². The van der Waals surface area contributed by atoms with Crippen molar-refractivity contribution in [2.45, 2.75) is 26.5 Å². The molecule has 3 N–H and O–H groups in total. The highest BCUT2D eigenvalue weighted by Gasteiger charge is 2.27. The minimum atomic E-state index is -0.843. The molecule has 2 aromatic rings. The van der Waals surface area contributed by atoms with Gasteiger partial charge in [0, 0.05) is 23.5 Å². The molecular formula is C20H23BN4O2. The van der Waals surface area contributed by atoms with E-state index in [9.17, 15) is 5.02 Å². The molecule has 1 aliphatic heterocycles. The second kappa shape index (κ2) is 8.20. The number of benzene rings is 1. The number of allylic oxidation sites excluding steroid dienone is 2. The molecular weight excluding hydrogens is 339 g/mol. The van der Waals surface area contributed by atoms with Gasteiger partial charge in [0.15, 0.2) is 0 Å². The van der Waals surface area contributed by atoms with Crippen molar-refractivity contribution in [1.29, 1.82) is 0 Å². The first-order valence-electron chi connectivity index (χ1n) is 8.76. The third kappa shape index (κ3) is 4.27. The third-order valence-electron chi connectivity index (χ3n) is 4.43. The van der Waals surface area contributed by atoms with Crippen molar-refractivity contribution < 1.29 is 9.68 Å².